The maximum atomic E-state index is 12.5. The van der Waals surface area contributed by atoms with E-state index in [2.05, 4.69) is 43.5 Å². The number of hydrogen-bond acceptors (Lipinski definition) is 4. The summed E-state index contributed by atoms with van der Waals surface area (Å²) in [4.78, 5) is 12.5. The third-order valence-corrected chi connectivity index (χ3v) is 13.7. The van der Waals surface area contributed by atoms with Crippen molar-refractivity contribution >= 4 is 5.91 Å². The van der Waals surface area contributed by atoms with E-state index in [1.54, 1.807) is 6.08 Å². The quantitative estimate of drug-likeness (QED) is 0.0361. The van der Waals surface area contributed by atoms with Gasteiger partial charge in [-0.1, -0.05) is 294 Å². The van der Waals surface area contributed by atoms with Crippen LogP contribution in [0.4, 0.5) is 0 Å². The lowest BCUT2D eigenvalue weighted by Gasteiger charge is -2.21. The minimum atomic E-state index is -0.928. The number of hydrogen-bond donors (Lipinski definition) is 4. The van der Waals surface area contributed by atoms with Crippen molar-refractivity contribution in [3.8, 4) is 0 Å². The Morgan fingerprint density at radius 3 is 1.02 bits per heavy atom. The zero-order valence-corrected chi connectivity index (χ0v) is 43.9. The van der Waals surface area contributed by atoms with E-state index in [-0.39, 0.29) is 18.9 Å². The van der Waals surface area contributed by atoms with Crippen molar-refractivity contribution in [3.05, 3.63) is 36.5 Å². The van der Waals surface area contributed by atoms with Crippen LogP contribution in [-0.4, -0.2) is 46.1 Å². The molecule has 3 atom stereocenters. The average Bonchev–Trinajstić information content (AvgIpc) is 3.30. The summed E-state index contributed by atoms with van der Waals surface area (Å²) in [6.45, 7) is 4.24. The molecule has 0 heterocycles. The summed E-state index contributed by atoms with van der Waals surface area (Å²) >= 11 is 0. The molecule has 0 fully saturated rings. The number of rotatable bonds is 54. The first-order valence-corrected chi connectivity index (χ1v) is 29.3. The second-order valence-electron chi connectivity index (χ2n) is 20.3. The number of aliphatic hydroxyl groups is 3. The van der Waals surface area contributed by atoms with E-state index in [1.807, 2.05) is 6.08 Å². The average molecular weight is 915 g/mol. The topological polar surface area (TPSA) is 89.8 Å². The third-order valence-electron chi connectivity index (χ3n) is 13.7. The standard InChI is InChI=1S/C60H115NO4/c1-3-5-7-9-11-13-15-17-19-20-21-22-23-24-25-26-27-28-29-30-31-32-33-34-35-36-37-38-40-41-43-45-47-49-51-53-57(63)55-60(65)61-58(56-62)59(64)54-52-50-48-46-44-42-39-18-16-14-12-10-8-6-4-2/h25-26,28-29,52,54,57-59,62-64H,3-24,27,30-51,53,55-56H2,1-2H3,(H,61,65)/b26-25-,29-28-,54-52+. The normalized spacial score (nSPS) is 13.5. The fourth-order valence-corrected chi connectivity index (χ4v) is 9.20. The van der Waals surface area contributed by atoms with E-state index in [0.29, 0.717) is 6.42 Å². The number of carbonyl (C=O) groups excluding carboxylic acids is 1. The monoisotopic (exact) mass is 914 g/mol. The SMILES string of the molecule is CCCCCCCCCCCCCCC/C=C\C/C=C\CCCCCCCCCCCCCCCCCC(O)CC(=O)NC(CO)C(O)/C=C/CCCCCCCCCCCCCCC. The Kier molecular flexibility index (Phi) is 54.0. The summed E-state index contributed by atoms with van der Waals surface area (Å²) < 4.78 is 0. The molecule has 5 heteroatoms. The van der Waals surface area contributed by atoms with Gasteiger partial charge in [0.05, 0.1) is 31.3 Å². The van der Waals surface area contributed by atoms with Gasteiger partial charge in [-0.25, -0.2) is 0 Å². The molecule has 0 radical (unpaired) electrons. The lowest BCUT2D eigenvalue weighted by molar-refractivity contribution is -0.124. The molecule has 0 aromatic carbocycles. The number of amides is 1. The van der Waals surface area contributed by atoms with Crippen LogP contribution in [0.3, 0.4) is 0 Å². The van der Waals surface area contributed by atoms with Crippen molar-refractivity contribution in [3.63, 3.8) is 0 Å². The highest BCUT2D eigenvalue weighted by Crippen LogP contribution is 2.17. The van der Waals surface area contributed by atoms with Crippen LogP contribution in [-0.2, 0) is 4.79 Å². The van der Waals surface area contributed by atoms with E-state index < -0.39 is 18.2 Å². The second-order valence-corrected chi connectivity index (χ2v) is 20.3. The number of aliphatic hydroxyl groups excluding tert-OH is 3. The van der Waals surface area contributed by atoms with Crippen molar-refractivity contribution in [1.82, 2.24) is 5.32 Å². The van der Waals surface area contributed by atoms with Crippen LogP contribution in [0, 0.1) is 0 Å². The summed E-state index contributed by atoms with van der Waals surface area (Å²) in [6, 6.07) is -0.744. The van der Waals surface area contributed by atoms with Crippen LogP contribution in [0.25, 0.3) is 0 Å². The first-order valence-electron chi connectivity index (χ1n) is 29.3. The van der Waals surface area contributed by atoms with Gasteiger partial charge in [-0.2, -0.15) is 0 Å². The fraction of sp³-hybridized carbons (Fsp3) is 0.883. The number of nitrogens with one attached hydrogen (secondary N) is 1. The van der Waals surface area contributed by atoms with Gasteiger partial charge in [0, 0.05) is 0 Å². The van der Waals surface area contributed by atoms with Crippen LogP contribution in [0.2, 0.25) is 0 Å². The number of allylic oxidation sites excluding steroid dienone is 5. The largest absolute Gasteiger partial charge is 0.394 e. The predicted octanol–water partition coefficient (Wildman–Crippen LogP) is 18.2. The van der Waals surface area contributed by atoms with Crippen molar-refractivity contribution in [2.24, 2.45) is 0 Å². The molecule has 0 saturated heterocycles. The van der Waals surface area contributed by atoms with E-state index >= 15 is 0 Å². The Labute approximate surface area is 406 Å². The molecule has 1 amide bonds. The summed E-state index contributed by atoms with van der Waals surface area (Å²) in [5, 5.41) is 33.4. The van der Waals surface area contributed by atoms with E-state index in [0.717, 1.165) is 32.1 Å². The summed E-state index contributed by atoms with van der Waals surface area (Å²) in [5.41, 5.74) is 0. The van der Waals surface area contributed by atoms with Gasteiger partial charge in [-0.15, -0.1) is 0 Å². The molecule has 0 aliphatic rings. The first-order chi connectivity index (χ1) is 32.0. The van der Waals surface area contributed by atoms with Gasteiger partial charge in [0.15, 0.2) is 0 Å². The highest BCUT2D eigenvalue weighted by molar-refractivity contribution is 5.76. The van der Waals surface area contributed by atoms with Crippen LogP contribution >= 0.6 is 0 Å². The molecule has 0 rings (SSSR count). The molecule has 384 valence electrons. The predicted molar refractivity (Wildman–Crippen MR) is 287 cm³/mol. The molecule has 0 aromatic rings. The summed E-state index contributed by atoms with van der Waals surface area (Å²) in [6.07, 6.45) is 72.1. The van der Waals surface area contributed by atoms with Gasteiger partial charge in [-0.05, 0) is 51.4 Å². The Bertz CT molecular complexity index is 1010. The Morgan fingerprint density at radius 2 is 0.692 bits per heavy atom. The van der Waals surface area contributed by atoms with Crippen molar-refractivity contribution in [2.45, 2.75) is 334 Å². The molecule has 0 saturated carbocycles. The first kappa shape index (κ1) is 63.6. The van der Waals surface area contributed by atoms with Gasteiger partial charge in [0.25, 0.3) is 0 Å². The molecule has 0 aliphatic heterocycles. The minimum absolute atomic E-state index is 0.0152. The van der Waals surface area contributed by atoms with Crippen molar-refractivity contribution < 1.29 is 20.1 Å². The molecule has 0 bridgehead atoms. The lowest BCUT2D eigenvalue weighted by Crippen LogP contribution is -2.45. The minimum Gasteiger partial charge on any atom is -0.394 e. The zero-order chi connectivity index (χ0) is 47.2. The van der Waals surface area contributed by atoms with Gasteiger partial charge >= 0.3 is 0 Å². The molecule has 0 aliphatic carbocycles. The number of unbranched alkanes of at least 4 members (excludes halogenated alkanes) is 41. The van der Waals surface area contributed by atoms with E-state index in [1.165, 1.54) is 257 Å². The Hall–Kier alpha value is -1.43. The van der Waals surface area contributed by atoms with Crippen LogP contribution in [0.1, 0.15) is 316 Å². The molecule has 0 spiro atoms. The van der Waals surface area contributed by atoms with Crippen molar-refractivity contribution in [1.29, 1.82) is 0 Å². The maximum absolute atomic E-state index is 12.5. The maximum Gasteiger partial charge on any atom is 0.222 e. The van der Waals surface area contributed by atoms with Crippen LogP contribution < -0.4 is 5.32 Å². The van der Waals surface area contributed by atoms with Gasteiger partial charge in [0.1, 0.15) is 0 Å². The summed E-state index contributed by atoms with van der Waals surface area (Å²) in [7, 11) is 0. The third kappa shape index (κ3) is 51.8. The smallest absolute Gasteiger partial charge is 0.222 e. The highest BCUT2D eigenvalue weighted by atomic mass is 16.3. The van der Waals surface area contributed by atoms with Crippen LogP contribution in [0.15, 0.2) is 36.5 Å². The Morgan fingerprint density at radius 1 is 0.400 bits per heavy atom. The van der Waals surface area contributed by atoms with E-state index in [9.17, 15) is 20.1 Å². The molecule has 65 heavy (non-hydrogen) atoms. The fourth-order valence-electron chi connectivity index (χ4n) is 9.20. The molecule has 5 nitrogen and oxygen atoms in total. The summed E-state index contributed by atoms with van der Waals surface area (Å²) in [5.74, 6) is -0.312. The van der Waals surface area contributed by atoms with Crippen molar-refractivity contribution in [2.75, 3.05) is 6.61 Å². The molecular formula is C60H115NO4. The lowest BCUT2D eigenvalue weighted by atomic mass is 10.0. The van der Waals surface area contributed by atoms with Gasteiger partial charge in [-0.3, -0.25) is 4.79 Å². The molecule has 4 N–H and O–H groups in total. The molecule has 0 aromatic heterocycles. The molecule has 3 unspecified atom stereocenters. The Balaban J connectivity index is 3.50. The highest BCUT2D eigenvalue weighted by Gasteiger charge is 2.20. The zero-order valence-electron chi connectivity index (χ0n) is 43.9. The molecular weight excluding hydrogens is 799 g/mol. The van der Waals surface area contributed by atoms with Gasteiger partial charge in [0.2, 0.25) is 5.91 Å². The van der Waals surface area contributed by atoms with Crippen LogP contribution in [0.5, 0.6) is 0 Å². The van der Waals surface area contributed by atoms with E-state index in [4.69, 9.17) is 0 Å². The van der Waals surface area contributed by atoms with Gasteiger partial charge < -0.3 is 20.6 Å². The second kappa shape index (κ2) is 55.2. The number of carbonyl (C=O) groups is 1.